The van der Waals surface area contributed by atoms with Crippen molar-refractivity contribution >= 4 is 15.9 Å². The van der Waals surface area contributed by atoms with Crippen molar-refractivity contribution < 1.29 is 22.3 Å². The van der Waals surface area contributed by atoms with Crippen molar-refractivity contribution in [2.45, 2.75) is 17.7 Å². The van der Waals surface area contributed by atoms with Crippen LogP contribution in [0.25, 0.3) is 0 Å². The normalized spacial score (nSPS) is 20.5. The number of nitrogens with one attached hydrogen (secondary N) is 1. The van der Waals surface area contributed by atoms with Crippen LogP contribution in [0, 0.1) is 11.7 Å². The minimum atomic E-state index is -3.64. The first-order valence-corrected chi connectivity index (χ1v) is 10.7. The lowest BCUT2D eigenvalue weighted by atomic mass is 9.97. The van der Waals surface area contributed by atoms with E-state index in [0.717, 1.165) is 45.0 Å². The van der Waals surface area contributed by atoms with Crippen molar-refractivity contribution in [1.29, 1.82) is 0 Å². The molecule has 2 saturated heterocycles. The Labute approximate surface area is 159 Å². The number of piperidine rings is 1. The second kappa shape index (κ2) is 9.09. The van der Waals surface area contributed by atoms with Crippen molar-refractivity contribution in [2.75, 3.05) is 52.5 Å². The first kappa shape index (κ1) is 20.2. The number of sulfonamides is 1. The van der Waals surface area contributed by atoms with E-state index >= 15 is 0 Å². The molecule has 0 atom stereocenters. The summed E-state index contributed by atoms with van der Waals surface area (Å²) < 4.78 is 44.9. The first-order valence-electron chi connectivity index (χ1n) is 9.30. The van der Waals surface area contributed by atoms with Crippen LogP contribution >= 0.6 is 0 Å². The molecule has 3 rings (SSSR count). The number of nitrogens with zero attached hydrogens (tertiary/aromatic N) is 2. The molecule has 27 heavy (non-hydrogen) atoms. The van der Waals surface area contributed by atoms with Gasteiger partial charge in [0.05, 0.1) is 18.1 Å². The summed E-state index contributed by atoms with van der Waals surface area (Å²) in [6.07, 6.45) is 0.980. The lowest BCUT2D eigenvalue weighted by Crippen LogP contribution is -2.45. The molecule has 9 heteroatoms. The highest BCUT2D eigenvalue weighted by Crippen LogP contribution is 2.24. The van der Waals surface area contributed by atoms with E-state index in [1.807, 2.05) is 0 Å². The number of hydrogen-bond donors (Lipinski definition) is 1. The Morgan fingerprint density at radius 2 is 1.74 bits per heavy atom. The summed E-state index contributed by atoms with van der Waals surface area (Å²) in [6, 6.07) is 4.83. The Morgan fingerprint density at radius 1 is 1.11 bits per heavy atom. The topological polar surface area (TPSA) is 79.0 Å². The zero-order valence-electron chi connectivity index (χ0n) is 15.3. The number of ether oxygens (including phenoxy) is 1. The zero-order valence-corrected chi connectivity index (χ0v) is 16.1. The molecular weight excluding hydrogens is 373 g/mol. The molecule has 1 aromatic carbocycles. The van der Waals surface area contributed by atoms with Gasteiger partial charge in [0.15, 0.2) is 0 Å². The van der Waals surface area contributed by atoms with E-state index < -0.39 is 15.8 Å². The molecule has 1 N–H and O–H groups in total. The number of hydrogen-bond acceptors (Lipinski definition) is 5. The van der Waals surface area contributed by atoms with Gasteiger partial charge in [-0.15, -0.1) is 0 Å². The van der Waals surface area contributed by atoms with Crippen LogP contribution < -0.4 is 5.32 Å². The molecule has 2 fully saturated rings. The Bertz CT molecular complexity index is 727. The maximum atomic E-state index is 13.0. The minimum Gasteiger partial charge on any atom is -0.379 e. The smallest absolute Gasteiger partial charge is 0.243 e. The summed E-state index contributed by atoms with van der Waals surface area (Å²) in [5.74, 6) is -0.655. The van der Waals surface area contributed by atoms with Gasteiger partial charge >= 0.3 is 0 Å². The maximum Gasteiger partial charge on any atom is 0.243 e. The van der Waals surface area contributed by atoms with Crippen LogP contribution in [-0.2, 0) is 19.6 Å². The Balaban J connectivity index is 1.45. The summed E-state index contributed by atoms with van der Waals surface area (Å²) in [7, 11) is -3.64. The number of carbonyl (C=O) groups is 1. The molecule has 0 radical (unpaired) electrons. The minimum absolute atomic E-state index is 0.0120. The van der Waals surface area contributed by atoms with Gasteiger partial charge in [-0.1, -0.05) is 0 Å². The predicted octanol–water partition coefficient (Wildman–Crippen LogP) is 0.675. The van der Waals surface area contributed by atoms with Crippen LogP contribution in [0.4, 0.5) is 4.39 Å². The average Bonchev–Trinajstić information content (AvgIpc) is 2.69. The van der Waals surface area contributed by atoms with E-state index in [2.05, 4.69) is 10.2 Å². The molecule has 0 saturated carbocycles. The highest BCUT2D eigenvalue weighted by Gasteiger charge is 2.32. The fourth-order valence-electron chi connectivity index (χ4n) is 3.42. The fourth-order valence-corrected chi connectivity index (χ4v) is 4.89. The third kappa shape index (κ3) is 5.25. The van der Waals surface area contributed by atoms with E-state index in [9.17, 15) is 17.6 Å². The zero-order chi connectivity index (χ0) is 19.3. The number of amides is 1. The molecule has 0 aromatic heterocycles. The molecule has 2 aliphatic rings. The van der Waals surface area contributed by atoms with Gasteiger partial charge in [0.2, 0.25) is 15.9 Å². The van der Waals surface area contributed by atoms with Crippen LogP contribution in [0.15, 0.2) is 29.2 Å². The van der Waals surface area contributed by atoms with Crippen LogP contribution in [0.1, 0.15) is 12.8 Å². The fraction of sp³-hybridized carbons (Fsp3) is 0.611. The van der Waals surface area contributed by atoms with E-state index in [1.165, 1.54) is 16.4 Å². The second-order valence-corrected chi connectivity index (χ2v) is 8.82. The number of benzene rings is 1. The molecule has 1 amide bonds. The van der Waals surface area contributed by atoms with Crippen molar-refractivity contribution in [2.24, 2.45) is 5.92 Å². The van der Waals surface area contributed by atoms with Gasteiger partial charge in [0, 0.05) is 45.2 Å². The largest absolute Gasteiger partial charge is 0.379 e. The van der Waals surface area contributed by atoms with Crippen molar-refractivity contribution in [3.63, 3.8) is 0 Å². The SMILES string of the molecule is O=C(NCCN1CCOCC1)C1CCN(S(=O)(=O)c2ccc(F)cc2)CC1. The number of rotatable bonds is 6. The van der Waals surface area contributed by atoms with Crippen LogP contribution in [0.2, 0.25) is 0 Å². The van der Waals surface area contributed by atoms with Crippen molar-refractivity contribution in [3.05, 3.63) is 30.1 Å². The second-order valence-electron chi connectivity index (χ2n) is 6.88. The molecule has 2 heterocycles. The van der Waals surface area contributed by atoms with E-state index in [4.69, 9.17) is 4.74 Å². The van der Waals surface area contributed by atoms with Crippen LogP contribution in [0.3, 0.4) is 0 Å². The Morgan fingerprint density at radius 3 is 2.37 bits per heavy atom. The maximum absolute atomic E-state index is 13.0. The Hall–Kier alpha value is -1.55. The summed E-state index contributed by atoms with van der Waals surface area (Å²) in [4.78, 5) is 14.7. The molecule has 1 aromatic rings. The highest BCUT2D eigenvalue weighted by molar-refractivity contribution is 7.89. The number of halogens is 1. The molecule has 0 bridgehead atoms. The third-order valence-electron chi connectivity index (χ3n) is 5.11. The third-order valence-corrected chi connectivity index (χ3v) is 7.02. The summed E-state index contributed by atoms with van der Waals surface area (Å²) >= 11 is 0. The van der Waals surface area contributed by atoms with Crippen molar-refractivity contribution in [3.8, 4) is 0 Å². The van der Waals surface area contributed by atoms with Crippen LogP contribution in [-0.4, -0.2) is 76.0 Å². The van der Waals surface area contributed by atoms with Gasteiger partial charge in [-0.05, 0) is 37.1 Å². The average molecular weight is 399 g/mol. The van der Waals surface area contributed by atoms with Gasteiger partial charge in [-0.3, -0.25) is 9.69 Å². The molecular formula is C18H26FN3O4S. The van der Waals surface area contributed by atoms with Crippen LogP contribution in [0.5, 0.6) is 0 Å². The molecule has 0 spiro atoms. The van der Waals surface area contributed by atoms with E-state index in [1.54, 1.807) is 0 Å². The molecule has 150 valence electrons. The summed E-state index contributed by atoms with van der Waals surface area (Å²) in [5.41, 5.74) is 0. The summed E-state index contributed by atoms with van der Waals surface area (Å²) in [6.45, 7) is 5.21. The quantitative estimate of drug-likeness (QED) is 0.761. The van der Waals surface area contributed by atoms with E-state index in [-0.39, 0.29) is 16.7 Å². The lowest BCUT2D eigenvalue weighted by molar-refractivity contribution is -0.126. The standard InChI is InChI=1S/C18H26FN3O4S/c19-16-1-3-17(4-2-16)27(24,25)22-8-5-15(6-9-22)18(23)20-7-10-21-11-13-26-14-12-21/h1-4,15H,5-14H2,(H,20,23). The predicted molar refractivity (Wildman–Crippen MR) is 98.2 cm³/mol. The molecule has 0 unspecified atom stereocenters. The first-order chi connectivity index (χ1) is 13.0. The highest BCUT2D eigenvalue weighted by atomic mass is 32.2. The number of carbonyl (C=O) groups excluding carboxylic acids is 1. The van der Waals surface area contributed by atoms with Gasteiger partial charge in [0.1, 0.15) is 5.82 Å². The monoisotopic (exact) mass is 399 g/mol. The van der Waals surface area contributed by atoms with E-state index in [0.29, 0.717) is 32.5 Å². The number of morpholine rings is 1. The van der Waals surface area contributed by atoms with Gasteiger partial charge < -0.3 is 10.1 Å². The molecule has 2 aliphatic heterocycles. The Kier molecular flexibility index (Phi) is 6.80. The van der Waals surface area contributed by atoms with Crippen molar-refractivity contribution in [1.82, 2.24) is 14.5 Å². The van der Waals surface area contributed by atoms with Gasteiger partial charge in [0.25, 0.3) is 0 Å². The molecule has 7 nitrogen and oxygen atoms in total. The molecule has 0 aliphatic carbocycles. The van der Waals surface area contributed by atoms with Gasteiger partial charge in [-0.25, -0.2) is 12.8 Å². The summed E-state index contributed by atoms with van der Waals surface area (Å²) in [5, 5.41) is 2.96. The lowest BCUT2D eigenvalue weighted by Gasteiger charge is -2.31. The van der Waals surface area contributed by atoms with Gasteiger partial charge in [-0.2, -0.15) is 4.31 Å².